The molecule has 1 aliphatic heterocycles. The third-order valence-electron chi connectivity index (χ3n) is 5.43. The Morgan fingerprint density at radius 3 is 2.86 bits per heavy atom. The highest BCUT2D eigenvalue weighted by atomic mass is 32.1. The van der Waals surface area contributed by atoms with Crippen molar-refractivity contribution < 1.29 is 14.3 Å². The molecule has 2 aromatic rings. The molecule has 1 aliphatic rings. The summed E-state index contributed by atoms with van der Waals surface area (Å²) in [7, 11) is 3.27. The van der Waals surface area contributed by atoms with Gasteiger partial charge in [0.25, 0.3) is 0 Å². The molecular weight excluding hydrogens is 372 g/mol. The van der Waals surface area contributed by atoms with E-state index in [1.54, 1.807) is 25.5 Å². The number of piperidine rings is 1. The topological polar surface area (TPSA) is 58.6 Å². The van der Waals surface area contributed by atoms with E-state index in [0.717, 1.165) is 18.4 Å². The summed E-state index contributed by atoms with van der Waals surface area (Å²) < 4.78 is 5.04. The van der Waals surface area contributed by atoms with E-state index in [1.807, 2.05) is 17.0 Å². The molecule has 2 heterocycles. The first kappa shape index (κ1) is 20.6. The molecule has 3 rings (SSSR count). The lowest BCUT2D eigenvalue weighted by atomic mass is 9.74. The standard InChI is InChI=1S/C22H28N2O3S/c1-23-21(26)22(10-5-11-24(16-22)20(25)9-12-27-2)15-17-6-3-7-18(14-17)19-8-4-13-28-19/h3-4,6-8,13-14H,5,9-12,15-16H2,1-2H3,(H,23,26)/t22-/m1/s1. The monoisotopic (exact) mass is 400 g/mol. The number of ether oxygens (including phenoxy) is 1. The van der Waals surface area contributed by atoms with Crippen molar-refractivity contribution in [3.8, 4) is 10.4 Å². The number of nitrogens with zero attached hydrogens (tertiary/aromatic N) is 1. The van der Waals surface area contributed by atoms with Crippen LogP contribution < -0.4 is 5.32 Å². The molecule has 0 unspecified atom stereocenters. The second-order valence-corrected chi connectivity index (χ2v) is 8.32. The minimum atomic E-state index is -0.593. The number of hydrogen-bond acceptors (Lipinski definition) is 4. The van der Waals surface area contributed by atoms with Crippen LogP contribution in [-0.2, 0) is 20.7 Å². The van der Waals surface area contributed by atoms with Gasteiger partial charge in [0, 0.05) is 32.1 Å². The lowest BCUT2D eigenvalue weighted by Crippen LogP contribution is -2.54. The number of benzene rings is 1. The average molecular weight is 401 g/mol. The molecule has 28 heavy (non-hydrogen) atoms. The van der Waals surface area contributed by atoms with Crippen LogP contribution in [-0.4, -0.2) is 50.6 Å². The summed E-state index contributed by atoms with van der Waals surface area (Å²) in [5, 5.41) is 4.91. The number of thiophene rings is 1. The van der Waals surface area contributed by atoms with Crippen LogP contribution in [0.2, 0.25) is 0 Å². The zero-order valence-corrected chi connectivity index (χ0v) is 17.4. The van der Waals surface area contributed by atoms with E-state index in [-0.39, 0.29) is 11.8 Å². The molecule has 6 heteroatoms. The predicted molar refractivity (Wildman–Crippen MR) is 112 cm³/mol. The third kappa shape index (κ3) is 4.62. The van der Waals surface area contributed by atoms with E-state index < -0.39 is 5.41 Å². The highest BCUT2D eigenvalue weighted by Gasteiger charge is 2.42. The van der Waals surface area contributed by atoms with Crippen LogP contribution in [0, 0.1) is 5.41 Å². The second-order valence-electron chi connectivity index (χ2n) is 7.38. The Morgan fingerprint density at radius 2 is 2.14 bits per heavy atom. The fourth-order valence-corrected chi connectivity index (χ4v) is 4.76. The van der Waals surface area contributed by atoms with Crippen LogP contribution in [0.3, 0.4) is 0 Å². The number of hydrogen-bond donors (Lipinski definition) is 1. The molecule has 0 saturated carbocycles. The van der Waals surface area contributed by atoms with Gasteiger partial charge in [-0.15, -0.1) is 11.3 Å². The van der Waals surface area contributed by atoms with E-state index in [9.17, 15) is 9.59 Å². The van der Waals surface area contributed by atoms with Crippen molar-refractivity contribution in [3.05, 3.63) is 47.3 Å². The van der Waals surface area contributed by atoms with Gasteiger partial charge in [0.15, 0.2) is 0 Å². The van der Waals surface area contributed by atoms with Crippen molar-refractivity contribution in [2.24, 2.45) is 5.41 Å². The van der Waals surface area contributed by atoms with Gasteiger partial charge in [-0.2, -0.15) is 0 Å². The van der Waals surface area contributed by atoms with Gasteiger partial charge in [-0.05, 0) is 41.8 Å². The van der Waals surface area contributed by atoms with Crippen molar-refractivity contribution in [3.63, 3.8) is 0 Å². The van der Waals surface area contributed by atoms with E-state index in [1.165, 1.54) is 10.4 Å². The summed E-state index contributed by atoms with van der Waals surface area (Å²) in [4.78, 5) is 28.5. The Bertz CT molecular complexity index is 806. The highest BCUT2D eigenvalue weighted by Crippen LogP contribution is 2.36. The number of amides is 2. The third-order valence-corrected chi connectivity index (χ3v) is 6.35. The van der Waals surface area contributed by atoms with Crippen LogP contribution in [0.1, 0.15) is 24.8 Å². The van der Waals surface area contributed by atoms with Crippen LogP contribution in [0.5, 0.6) is 0 Å². The second kappa shape index (κ2) is 9.34. The number of likely N-dealkylation sites (tertiary alicyclic amines) is 1. The van der Waals surface area contributed by atoms with Gasteiger partial charge in [0.05, 0.1) is 18.4 Å². The highest BCUT2D eigenvalue weighted by molar-refractivity contribution is 7.13. The maximum atomic E-state index is 12.9. The lowest BCUT2D eigenvalue weighted by Gasteiger charge is -2.41. The maximum absolute atomic E-state index is 12.9. The summed E-state index contributed by atoms with van der Waals surface area (Å²) >= 11 is 1.71. The number of carbonyl (C=O) groups excluding carboxylic acids is 2. The van der Waals surface area contributed by atoms with Crippen LogP contribution in [0.15, 0.2) is 41.8 Å². The summed E-state index contributed by atoms with van der Waals surface area (Å²) in [6.45, 7) is 1.57. The largest absolute Gasteiger partial charge is 0.384 e. The van der Waals surface area contributed by atoms with Crippen molar-refractivity contribution in [2.75, 3.05) is 33.9 Å². The van der Waals surface area contributed by atoms with Crippen LogP contribution in [0.25, 0.3) is 10.4 Å². The molecule has 1 fully saturated rings. The molecule has 1 N–H and O–H groups in total. The van der Waals surface area contributed by atoms with Crippen LogP contribution in [0.4, 0.5) is 0 Å². The average Bonchev–Trinajstić information content (AvgIpc) is 3.26. The molecule has 0 aliphatic carbocycles. The van der Waals surface area contributed by atoms with E-state index in [4.69, 9.17) is 4.74 Å². The first-order chi connectivity index (χ1) is 13.6. The Hall–Kier alpha value is -2.18. The minimum absolute atomic E-state index is 0.0123. The SMILES string of the molecule is CNC(=O)[C@@]1(Cc2cccc(-c3cccs3)c2)CCCN(C(=O)CCOC)C1. The molecule has 1 aromatic carbocycles. The van der Waals surface area contributed by atoms with Gasteiger partial charge in [0.1, 0.15) is 0 Å². The minimum Gasteiger partial charge on any atom is -0.384 e. The maximum Gasteiger partial charge on any atom is 0.228 e. The van der Waals surface area contributed by atoms with Crippen LogP contribution >= 0.6 is 11.3 Å². The fourth-order valence-electron chi connectivity index (χ4n) is 4.04. The zero-order valence-electron chi connectivity index (χ0n) is 16.6. The first-order valence-corrected chi connectivity index (χ1v) is 10.6. The molecule has 0 bridgehead atoms. The normalized spacial score (nSPS) is 19.4. The number of methoxy groups -OCH3 is 1. The van der Waals surface area contributed by atoms with Crippen molar-refractivity contribution >= 4 is 23.2 Å². The smallest absolute Gasteiger partial charge is 0.228 e. The van der Waals surface area contributed by atoms with Crippen molar-refractivity contribution in [1.29, 1.82) is 0 Å². The molecule has 1 saturated heterocycles. The quantitative estimate of drug-likeness (QED) is 0.775. The molecule has 0 spiro atoms. The van der Waals surface area contributed by atoms with E-state index in [2.05, 4.69) is 35.0 Å². The predicted octanol–water partition coefficient (Wildman–Crippen LogP) is 3.35. The van der Waals surface area contributed by atoms with Crippen molar-refractivity contribution in [1.82, 2.24) is 10.2 Å². The van der Waals surface area contributed by atoms with Gasteiger partial charge in [0.2, 0.25) is 11.8 Å². The van der Waals surface area contributed by atoms with Gasteiger partial charge in [-0.25, -0.2) is 0 Å². The number of nitrogens with one attached hydrogen (secondary N) is 1. The van der Waals surface area contributed by atoms with Gasteiger partial charge < -0.3 is 15.0 Å². The lowest BCUT2D eigenvalue weighted by molar-refractivity contribution is -0.141. The molecule has 5 nitrogen and oxygen atoms in total. The Balaban J connectivity index is 1.83. The van der Waals surface area contributed by atoms with Gasteiger partial charge in [-0.1, -0.05) is 30.3 Å². The Kier molecular flexibility index (Phi) is 6.86. The van der Waals surface area contributed by atoms with Gasteiger partial charge in [-0.3, -0.25) is 9.59 Å². The number of carbonyl (C=O) groups is 2. The summed E-state index contributed by atoms with van der Waals surface area (Å²) in [6, 6.07) is 12.5. The Morgan fingerprint density at radius 1 is 1.29 bits per heavy atom. The molecule has 1 aromatic heterocycles. The van der Waals surface area contributed by atoms with Crippen molar-refractivity contribution in [2.45, 2.75) is 25.7 Å². The van der Waals surface area contributed by atoms with E-state index >= 15 is 0 Å². The van der Waals surface area contributed by atoms with E-state index in [0.29, 0.717) is 32.5 Å². The summed E-state index contributed by atoms with van der Waals surface area (Å²) in [5.41, 5.74) is 1.70. The summed E-state index contributed by atoms with van der Waals surface area (Å²) in [6.07, 6.45) is 2.59. The Labute approximate surface area is 170 Å². The molecular formula is C22H28N2O3S. The zero-order chi connectivity index (χ0) is 20.0. The molecule has 2 amide bonds. The fraction of sp³-hybridized carbons (Fsp3) is 0.455. The molecule has 1 atom stereocenters. The van der Waals surface area contributed by atoms with Gasteiger partial charge >= 0.3 is 0 Å². The molecule has 0 radical (unpaired) electrons. The molecule has 150 valence electrons. The first-order valence-electron chi connectivity index (χ1n) is 9.70. The summed E-state index contributed by atoms with van der Waals surface area (Å²) in [5.74, 6) is 0.0698. The number of rotatable bonds is 7.